The third-order valence-electron chi connectivity index (χ3n) is 5.52. The molecule has 1 fully saturated rings. The Kier molecular flexibility index (Phi) is 8.20. The molecule has 2 amide bonds. The lowest BCUT2D eigenvalue weighted by molar-refractivity contribution is 0.0567. The molecule has 9 heteroatoms. The summed E-state index contributed by atoms with van der Waals surface area (Å²) in [6.45, 7) is 6.93. The summed E-state index contributed by atoms with van der Waals surface area (Å²) in [5.74, 6) is 0.729. The van der Waals surface area contributed by atoms with Crippen LogP contribution in [0.5, 0.6) is 11.5 Å². The Morgan fingerprint density at radius 1 is 1.14 bits per heavy atom. The van der Waals surface area contributed by atoms with Crippen LogP contribution < -0.4 is 25.0 Å². The van der Waals surface area contributed by atoms with E-state index in [-0.39, 0.29) is 18.2 Å². The SMILES string of the molecule is COc1ccc(CNC(=O)c2cc(C#N)ccc2N(C(=O)OC(C)(C)C)C2CCNC2)cc1OC. The van der Waals surface area contributed by atoms with Crippen LogP contribution in [0.1, 0.15) is 48.7 Å². The highest BCUT2D eigenvalue weighted by Crippen LogP contribution is 2.29. The van der Waals surface area contributed by atoms with Crippen LogP contribution in [0.2, 0.25) is 0 Å². The van der Waals surface area contributed by atoms with Crippen LogP contribution in [0.3, 0.4) is 0 Å². The van der Waals surface area contributed by atoms with Crippen molar-refractivity contribution >= 4 is 17.7 Å². The summed E-state index contributed by atoms with van der Waals surface area (Å²) in [4.78, 5) is 28.1. The zero-order valence-corrected chi connectivity index (χ0v) is 20.8. The quantitative estimate of drug-likeness (QED) is 0.622. The minimum atomic E-state index is -0.705. The van der Waals surface area contributed by atoms with Crippen molar-refractivity contribution in [2.45, 2.75) is 45.4 Å². The van der Waals surface area contributed by atoms with E-state index in [0.717, 1.165) is 12.1 Å². The van der Waals surface area contributed by atoms with Crippen LogP contribution in [-0.4, -0.2) is 51.0 Å². The molecule has 9 nitrogen and oxygen atoms in total. The second-order valence-electron chi connectivity index (χ2n) is 9.21. The molecule has 1 heterocycles. The molecule has 0 aromatic heterocycles. The van der Waals surface area contributed by atoms with Crippen molar-refractivity contribution < 1.29 is 23.8 Å². The first-order chi connectivity index (χ1) is 16.7. The van der Waals surface area contributed by atoms with E-state index >= 15 is 0 Å². The van der Waals surface area contributed by atoms with Crippen LogP contribution in [0.25, 0.3) is 0 Å². The average molecular weight is 481 g/mol. The van der Waals surface area contributed by atoms with E-state index in [1.165, 1.54) is 11.0 Å². The van der Waals surface area contributed by atoms with E-state index in [1.54, 1.807) is 59.3 Å². The highest BCUT2D eigenvalue weighted by atomic mass is 16.6. The van der Waals surface area contributed by atoms with Gasteiger partial charge in [0.15, 0.2) is 11.5 Å². The number of rotatable bonds is 7. The number of nitrogens with zero attached hydrogens (tertiary/aromatic N) is 2. The van der Waals surface area contributed by atoms with Gasteiger partial charge in [-0.25, -0.2) is 4.79 Å². The van der Waals surface area contributed by atoms with Crippen molar-refractivity contribution in [3.63, 3.8) is 0 Å². The number of benzene rings is 2. The zero-order chi connectivity index (χ0) is 25.6. The molecule has 1 aliphatic rings. The van der Waals surface area contributed by atoms with Crippen LogP contribution >= 0.6 is 0 Å². The maximum absolute atomic E-state index is 13.3. The molecule has 0 spiro atoms. The van der Waals surface area contributed by atoms with Gasteiger partial charge in [0.25, 0.3) is 5.91 Å². The van der Waals surface area contributed by atoms with Crippen molar-refractivity contribution in [2.24, 2.45) is 0 Å². The normalized spacial score (nSPS) is 15.1. The maximum atomic E-state index is 13.3. The van der Waals surface area contributed by atoms with E-state index in [2.05, 4.69) is 16.7 Å². The largest absolute Gasteiger partial charge is 0.493 e. The molecule has 1 atom stereocenters. The van der Waals surface area contributed by atoms with E-state index in [0.29, 0.717) is 35.7 Å². The number of hydrogen-bond acceptors (Lipinski definition) is 7. The van der Waals surface area contributed by atoms with Gasteiger partial charge in [0.2, 0.25) is 0 Å². The van der Waals surface area contributed by atoms with Crippen LogP contribution in [0, 0.1) is 11.3 Å². The van der Waals surface area contributed by atoms with Gasteiger partial charge in [-0.2, -0.15) is 5.26 Å². The van der Waals surface area contributed by atoms with Crippen molar-refractivity contribution in [1.29, 1.82) is 5.26 Å². The molecular formula is C26H32N4O5. The van der Waals surface area contributed by atoms with Gasteiger partial charge >= 0.3 is 6.09 Å². The molecule has 0 bridgehead atoms. The Labute approximate surface area is 206 Å². The van der Waals surface area contributed by atoms with E-state index in [9.17, 15) is 14.9 Å². The summed E-state index contributed by atoms with van der Waals surface area (Å²) in [6, 6.07) is 12.0. The maximum Gasteiger partial charge on any atom is 0.415 e. The number of carbonyl (C=O) groups is 2. The number of nitriles is 1. The number of carbonyl (C=O) groups excluding carboxylic acids is 2. The minimum Gasteiger partial charge on any atom is -0.493 e. The van der Waals surface area contributed by atoms with E-state index < -0.39 is 17.6 Å². The lowest BCUT2D eigenvalue weighted by Gasteiger charge is -2.32. The summed E-state index contributed by atoms with van der Waals surface area (Å²) < 4.78 is 16.3. The number of amides is 2. The number of nitrogens with one attached hydrogen (secondary N) is 2. The molecule has 2 aromatic rings. The summed E-state index contributed by atoms with van der Waals surface area (Å²) >= 11 is 0. The summed E-state index contributed by atoms with van der Waals surface area (Å²) in [6.07, 6.45) is 0.177. The Balaban J connectivity index is 1.93. The van der Waals surface area contributed by atoms with Gasteiger partial charge in [0, 0.05) is 13.1 Å². The van der Waals surface area contributed by atoms with Crippen molar-refractivity contribution in [3.05, 3.63) is 53.1 Å². The molecule has 3 rings (SSSR count). The molecule has 0 radical (unpaired) electrons. The van der Waals surface area contributed by atoms with Crippen LogP contribution in [0.15, 0.2) is 36.4 Å². The Bertz CT molecular complexity index is 1110. The fourth-order valence-corrected chi connectivity index (χ4v) is 3.88. The molecule has 186 valence electrons. The molecule has 0 aliphatic carbocycles. The first-order valence-electron chi connectivity index (χ1n) is 11.4. The van der Waals surface area contributed by atoms with Gasteiger partial charge in [0.1, 0.15) is 5.60 Å². The molecule has 1 aliphatic heterocycles. The number of anilines is 1. The minimum absolute atomic E-state index is 0.185. The number of hydrogen-bond donors (Lipinski definition) is 2. The lowest BCUT2D eigenvalue weighted by Crippen LogP contribution is -2.45. The highest BCUT2D eigenvalue weighted by molar-refractivity contribution is 6.04. The third kappa shape index (κ3) is 6.43. The Hall–Kier alpha value is -3.77. The molecule has 35 heavy (non-hydrogen) atoms. The van der Waals surface area contributed by atoms with Crippen molar-refractivity contribution in [1.82, 2.24) is 10.6 Å². The van der Waals surface area contributed by atoms with Gasteiger partial charge < -0.3 is 24.8 Å². The van der Waals surface area contributed by atoms with Gasteiger partial charge in [-0.1, -0.05) is 6.07 Å². The monoisotopic (exact) mass is 480 g/mol. The smallest absolute Gasteiger partial charge is 0.415 e. The predicted molar refractivity (Wildman–Crippen MR) is 132 cm³/mol. The molecule has 0 saturated carbocycles. The fraction of sp³-hybridized carbons (Fsp3) is 0.423. The topological polar surface area (TPSA) is 113 Å². The van der Waals surface area contributed by atoms with Gasteiger partial charge in [-0.05, 0) is 69.6 Å². The number of ether oxygens (including phenoxy) is 3. The first-order valence-corrected chi connectivity index (χ1v) is 11.4. The fourth-order valence-electron chi connectivity index (χ4n) is 3.88. The van der Waals surface area contributed by atoms with Crippen molar-refractivity contribution in [3.8, 4) is 17.6 Å². The second kappa shape index (κ2) is 11.1. The first kappa shape index (κ1) is 25.8. The Morgan fingerprint density at radius 3 is 2.49 bits per heavy atom. The van der Waals surface area contributed by atoms with Gasteiger partial charge in [-0.3, -0.25) is 9.69 Å². The van der Waals surface area contributed by atoms with Gasteiger partial charge in [0.05, 0.1) is 43.1 Å². The number of methoxy groups -OCH3 is 2. The van der Waals surface area contributed by atoms with Crippen LogP contribution in [0.4, 0.5) is 10.5 Å². The second-order valence-corrected chi connectivity index (χ2v) is 9.21. The predicted octanol–water partition coefficient (Wildman–Crippen LogP) is 3.61. The van der Waals surface area contributed by atoms with E-state index in [4.69, 9.17) is 14.2 Å². The summed E-state index contributed by atoms with van der Waals surface area (Å²) in [5, 5.41) is 15.6. The lowest BCUT2D eigenvalue weighted by atomic mass is 10.0. The Morgan fingerprint density at radius 2 is 1.89 bits per heavy atom. The highest BCUT2D eigenvalue weighted by Gasteiger charge is 2.34. The van der Waals surface area contributed by atoms with Crippen LogP contribution in [-0.2, 0) is 11.3 Å². The molecule has 1 saturated heterocycles. The van der Waals surface area contributed by atoms with Crippen molar-refractivity contribution in [2.75, 3.05) is 32.2 Å². The van der Waals surface area contributed by atoms with Gasteiger partial charge in [-0.15, -0.1) is 0 Å². The molecule has 2 N–H and O–H groups in total. The average Bonchev–Trinajstić information content (AvgIpc) is 3.35. The standard InChI is InChI=1S/C26H32N4O5/c1-26(2,3)35-25(32)30(19-10-11-28-16-19)21-8-6-17(14-27)12-20(21)24(31)29-15-18-7-9-22(33-4)23(13-18)34-5/h6-9,12-13,19,28H,10-11,15-16H2,1-5H3,(H,29,31). The molecule has 1 unspecified atom stereocenters. The third-order valence-corrected chi connectivity index (χ3v) is 5.52. The summed E-state index contributed by atoms with van der Waals surface area (Å²) in [7, 11) is 3.10. The summed E-state index contributed by atoms with van der Waals surface area (Å²) in [5.41, 5.74) is 1.04. The molecule has 2 aromatic carbocycles. The zero-order valence-electron chi connectivity index (χ0n) is 20.8. The molecular weight excluding hydrogens is 448 g/mol. The van der Waals surface area contributed by atoms with E-state index in [1.807, 2.05) is 6.07 Å².